The van der Waals surface area contributed by atoms with Gasteiger partial charge in [-0.05, 0) is 18.0 Å². The van der Waals surface area contributed by atoms with Gasteiger partial charge in [0.15, 0.2) is 28.3 Å². The molecule has 3 aromatic rings. The molecule has 3 heterocycles. The Morgan fingerprint density at radius 2 is 1.94 bits per heavy atom. The van der Waals surface area contributed by atoms with E-state index in [4.69, 9.17) is 31.3 Å². The van der Waals surface area contributed by atoms with Gasteiger partial charge < -0.3 is 19.5 Å². The van der Waals surface area contributed by atoms with Crippen LogP contribution in [0.25, 0.3) is 32.6 Å². The molecule has 33 heavy (non-hydrogen) atoms. The van der Waals surface area contributed by atoms with Gasteiger partial charge in [-0.3, -0.25) is 0 Å². The van der Waals surface area contributed by atoms with Crippen molar-refractivity contribution in [2.75, 3.05) is 32.8 Å². The van der Waals surface area contributed by atoms with E-state index < -0.39 is 17.2 Å². The van der Waals surface area contributed by atoms with E-state index in [0.29, 0.717) is 25.0 Å². The number of azide groups is 1. The molecule has 1 aliphatic rings. The molecule has 0 saturated carbocycles. The minimum absolute atomic E-state index is 0.0758. The highest BCUT2D eigenvalue weighted by atomic mass is 35.5. The molecule has 0 spiro atoms. The summed E-state index contributed by atoms with van der Waals surface area (Å²) >= 11 is 6.33. The smallest absolute Gasteiger partial charge is 0.223 e. The zero-order valence-corrected chi connectivity index (χ0v) is 18.3. The van der Waals surface area contributed by atoms with Crippen molar-refractivity contribution >= 4 is 28.5 Å². The van der Waals surface area contributed by atoms with Gasteiger partial charge in [0.25, 0.3) is 0 Å². The molecule has 2 aromatic heterocycles. The Kier molecular flexibility index (Phi) is 6.59. The third-order valence-corrected chi connectivity index (χ3v) is 5.45. The molecule has 1 N–H and O–H groups in total. The second-order valence-electron chi connectivity index (χ2n) is 7.10. The van der Waals surface area contributed by atoms with Crippen molar-refractivity contribution < 1.29 is 23.0 Å². The molecule has 1 fully saturated rings. The van der Waals surface area contributed by atoms with E-state index in [0.717, 1.165) is 6.07 Å². The molecule has 13 heteroatoms. The monoisotopic (exact) mass is 477 g/mol. The number of ether oxygens (including phenoxy) is 3. The van der Waals surface area contributed by atoms with E-state index in [2.05, 4.69) is 30.3 Å². The van der Waals surface area contributed by atoms with Gasteiger partial charge in [-0.25, -0.2) is 23.7 Å². The normalized spacial score (nSPS) is 18.0. The van der Waals surface area contributed by atoms with Gasteiger partial charge in [0.05, 0.1) is 44.2 Å². The molecule has 0 unspecified atom stereocenters. The van der Waals surface area contributed by atoms with E-state index in [1.54, 1.807) is 0 Å². The second-order valence-corrected chi connectivity index (χ2v) is 7.46. The first kappa shape index (κ1) is 22.7. The minimum Gasteiger partial charge on any atom is -0.494 e. The average Bonchev–Trinajstić information content (AvgIpc) is 2.81. The van der Waals surface area contributed by atoms with Crippen molar-refractivity contribution in [1.82, 2.24) is 15.0 Å². The van der Waals surface area contributed by atoms with Gasteiger partial charge >= 0.3 is 0 Å². The fourth-order valence-electron chi connectivity index (χ4n) is 3.54. The number of benzene rings is 1. The van der Waals surface area contributed by atoms with Gasteiger partial charge in [0, 0.05) is 29.2 Å². The summed E-state index contributed by atoms with van der Waals surface area (Å²) in [6.07, 6.45) is 2.00. The van der Waals surface area contributed by atoms with Crippen molar-refractivity contribution in [3.8, 4) is 22.8 Å². The van der Waals surface area contributed by atoms with E-state index in [1.165, 1.54) is 26.5 Å². The van der Waals surface area contributed by atoms with Crippen LogP contribution in [0.5, 0.6) is 11.5 Å². The summed E-state index contributed by atoms with van der Waals surface area (Å²) < 4.78 is 45.2. The highest BCUT2D eigenvalue weighted by Gasteiger charge is 2.26. The Bertz CT molecular complexity index is 1230. The predicted octanol–water partition coefficient (Wildman–Crippen LogP) is 4.52. The first-order valence-corrected chi connectivity index (χ1v) is 10.2. The summed E-state index contributed by atoms with van der Waals surface area (Å²) in [6.45, 7) is 0.799. The SMILES string of the molecule is COc1cc(OC)c(F)c(-c2cc3cnc(N[C@@H]4COCC[C@@H]4N=[N+]=[N-])nc3c(Cl)n2)c1F. The highest BCUT2D eigenvalue weighted by molar-refractivity contribution is 6.34. The maximum absolute atomic E-state index is 14.9. The van der Waals surface area contributed by atoms with Crippen LogP contribution in [0.15, 0.2) is 23.4 Å². The Labute approximate surface area is 191 Å². The number of halogens is 3. The molecule has 10 nitrogen and oxygen atoms in total. The number of nitrogens with zero attached hydrogens (tertiary/aromatic N) is 6. The van der Waals surface area contributed by atoms with Crippen LogP contribution in [0.1, 0.15) is 6.42 Å². The molecular formula is C20H18ClF2N7O3. The van der Waals surface area contributed by atoms with E-state index in [1.807, 2.05) is 0 Å². The molecule has 0 bridgehead atoms. The summed E-state index contributed by atoms with van der Waals surface area (Å²) in [5.41, 5.74) is 8.51. The van der Waals surface area contributed by atoms with Crippen LogP contribution in [-0.2, 0) is 4.74 Å². The molecule has 0 radical (unpaired) electrons. The summed E-state index contributed by atoms with van der Waals surface area (Å²) in [5, 5.41) is 7.18. The summed E-state index contributed by atoms with van der Waals surface area (Å²) in [5.74, 6) is -2.09. The number of methoxy groups -OCH3 is 2. The van der Waals surface area contributed by atoms with Crippen molar-refractivity contribution in [2.45, 2.75) is 18.5 Å². The van der Waals surface area contributed by atoms with E-state index >= 15 is 0 Å². The number of pyridine rings is 1. The lowest BCUT2D eigenvalue weighted by molar-refractivity contribution is 0.0767. The van der Waals surface area contributed by atoms with E-state index in [-0.39, 0.29) is 45.9 Å². The Morgan fingerprint density at radius 3 is 2.61 bits per heavy atom. The van der Waals surface area contributed by atoms with Gasteiger partial charge in [-0.1, -0.05) is 16.7 Å². The number of rotatable bonds is 6. The maximum atomic E-state index is 14.9. The number of hydrogen-bond acceptors (Lipinski definition) is 8. The van der Waals surface area contributed by atoms with Crippen molar-refractivity contribution in [3.05, 3.63) is 45.6 Å². The third kappa shape index (κ3) is 4.40. The molecule has 1 aromatic carbocycles. The van der Waals surface area contributed by atoms with Crippen LogP contribution < -0.4 is 14.8 Å². The van der Waals surface area contributed by atoms with Gasteiger partial charge in [-0.2, -0.15) is 0 Å². The summed E-state index contributed by atoms with van der Waals surface area (Å²) in [6, 6.07) is 1.87. The number of hydrogen-bond donors (Lipinski definition) is 1. The molecular weight excluding hydrogens is 460 g/mol. The number of nitrogens with one attached hydrogen (secondary N) is 1. The Balaban J connectivity index is 1.73. The molecule has 1 aliphatic heterocycles. The quantitative estimate of drug-likeness (QED) is 0.239. The van der Waals surface area contributed by atoms with Crippen LogP contribution >= 0.6 is 11.6 Å². The number of anilines is 1. The lowest BCUT2D eigenvalue weighted by Crippen LogP contribution is -2.41. The van der Waals surface area contributed by atoms with Gasteiger partial charge in [0.1, 0.15) is 5.52 Å². The molecule has 4 rings (SSSR count). The summed E-state index contributed by atoms with van der Waals surface area (Å²) in [4.78, 5) is 15.6. The van der Waals surface area contributed by atoms with Crippen molar-refractivity contribution in [2.24, 2.45) is 5.11 Å². The van der Waals surface area contributed by atoms with Crippen LogP contribution in [0, 0.1) is 11.6 Å². The van der Waals surface area contributed by atoms with E-state index in [9.17, 15) is 8.78 Å². The molecule has 2 atom stereocenters. The van der Waals surface area contributed by atoms with Crippen LogP contribution in [0.4, 0.5) is 14.7 Å². The van der Waals surface area contributed by atoms with Crippen molar-refractivity contribution in [3.63, 3.8) is 0 Å². The summed E-state index contributed by atoms with van der Waals surface area (Å²) in [7, 11) is 2.51. The zero-order valence-electron chi connectivity index (χ0n) is 17.5. The Hall–Kier alpha value is -3.47. The fourth-order valence-corrected chi connectivity index (χ4v) is 3.79. The maximum Gasteiger partial charge on any atom is 0.223 e. The Morgan fingerprint density at radius 1 is 1.21 bits per heavy atom. The molecule has 172 valence electrons. The highest BCUT2D eigenvalue weighted by Crippen LogP contribution is 2.38. The van der Waals surface area contributed by atoms with Crippen LogP contribution in [0.2, 0.25) is 5.15 Å². The fraction of sp³-hybridized carbons (Fsp3) is 0.350. The first-order valence-electron chi connectivity index (χ1n) is 9.79. The zero-order chi connectivity index (χ0) is 23.5. The first-order chi connectivity index (χ1) is 16.0. The molecule has 1 saturated heterocycles. The third-order valence-electron chi connectivity index (χ3n) is 5.19. The lowest BCUT2D eigenvalue weighted by Gasteiger charge is -2.28. The second kappa shape index (κ2) is 9.57. The largest absolute Gasteiger partial charge is 0.494 e. The minimum atomic E-state index is -0.945. The van der Waals surface area contributed by atoms with Crippen molar-refractivity contribution in [1.29, 1.82) is 0 Å². The lowest BCUT2D eigenvalue weighted by atomic mass is 10.1. The number of aromatic nitrogens is 3. The standard InChI is InChI=1S/C20H18ClF2N7O3/c1-31-13-6-14(32-2)17(23)15(16(13)22)11-5-9-7-25-20(28-18(9)19(21)26-11)27-12-8-33-4-3-10(12)29-30-24/h5-7,10,12H,3-4,8H2,1-2H3,(H,25,27,28)/t10-,12+/m0/s1. The predicted molar refractivity (Wildman–Crippen MR) is 117 cm³/mol. The van der Waals surface area contributed by atoms with Crippen LogP contribution in [0.3, 0.4) is 0 Å². The molecule has 0 amide bonds. The van der Waals surface area contributed by atoms with Gasteiger partial charge in [0.2, 0.25) is 5.95 Å². The number of fused-ring (bicyclic) bond motifs is 1. The van der Waals surface area contributed by atoms with Crippen LogP contribution in [-0.4, -0.2) is 54.5 Å². The van der Waals surface area contributed by atoms with Gasteiger partial charge in [-0.15, -0.1) is 0 Å². The molecule has 0 aliphatic carbocycles. The topological polar surface area (TPSA) is 127 Å². The average molecular weight is 478 g/mol.